The lowest BCUT2D eigenvalue weighted by Crippen LogP contribution is -2.42. The van der Waals surface area contributed by atoms with E-state index in [0.717, 1.165) is 75.1 Å². The molecule has 8 nitrogen and oxygen atoms in total. The maximum absolute atomic E-state index is 6.59. The van der Waals surface area contributed by atoms with E-state index < -0.39 is 26.6 Å². The highest BCUT2D eigenvalue weighted by Crippen LogP contribution is 2.39. The smallest absolute Gasteiger partial charge is 0.416 e. The Morgan fingerprint density at radius 1 is 1.00 bits per heavy atom. The summed E-state index contributed by atoms with van der Waals surface area (Å²) in [6, 6.07) is 2.26. The van der Waals surface area contributed by atoms with Crippen LogP contribution in [0, 0.1) is 6.92 Å². The first kappa shape index (κ1) is 32.6. The predicted molar refractivity (Wildman–Crippen MR) is 168 cm³/mol. The SMILES string of the molecule is C1COCCO1.Cc1cc2c(cnn2C2CCCCO2)c(B2OC(C)(C)C(C)(C)O2)c1CCO[Si](C)(C)C(C)(C)C. The minimum absolute atomic E-state index is 0.0143. The largest absolute Gasteiger partial charge is 0.495 e. The molecule has 2 aromatic rings. The molecule has 1 unspecified atom stereocenters. The highest BCUT2D eigenvalue weighted by Gasteiger charge is 2.53. The van der Waals surface area contributed by atoms with Crippen LogP contribution >= 0.6 is 0 Å². The van der Waals surface area contributed by atoms with Crippen LogP contribution in [0.4, 0.5) is 0 Å². The van der Waals surface area contributed by atoms with Gasteiger partial charge in [-0.3, -0.25) is 0 Å². The van der Waals surface area contributed by atoms with E-state index in [-0.39, 0.29) is 11.3 Å². The standard InChI is InChI=1S/C27H45BN2O4Si.C4H8O2/c1-19-17-22-21(18-29-30(22)23-13-11-12-15-31-23)24(28-33-26(5,6)27(7,8)34-28)20(19)14-16-32-35(9,10)25(2,3)4;1-2-6-4-3-5-1/h17-18,23H,11-16H2,1-10H3;1-4H2. The molecule has 0 amide bonds. The Balaban J connectivity index is 0.000000572. The van der Waals surface area contributed by atoms with E-state index in [9.17, 15) is 0 Å². The summed E-state index contributed by atoms with van der Waals surface area (Å²) >= 11 is 0. The molecule has 3 saturated heterocycles. The number of nitrogens with zero attached hydrogens (tertiary/aromatic N) is 2. The Morgan fingerprint density at radius 2 is 1.61 bits per heavy atom. The fraction of sp³-hybridized carbons (Fsp3) is 0.774. The van der Waals surface area contributed by atoms with Gasteiger partial charge in [0.25, 0.3) is 0 Å². The molecule has 230 valence electrons. The van der Waals surface area contributed by atoms with Crippen LogP contribution in [0.25, 0.3) is 10.9 Å². The van der Waals surface area contributed by atoms with E-state index in [1.807, 2.05) is 6.20 Å². The second-order valence-electron chi connectivity index (χ2n) is 14.1. The summed E-state index contributed by atoms with van der Waals surface area (Å²) in [5.74, 6) is 0. The molecule has 0 aliphatic carbocycles. The Hall–Kier alpha value is -1.27. The Morgan fingerprint density at radius 3 is 2.12 bits per heavy atom. The molecule has 1 aromatic carbocycles. The summed E-state index contributed by atoms with van der Waals surface area (Å²) in [6.07, 6.45) is 6.05. The number of benzene rings is 1. The summed E-state index contributed by atoms with van der Waals surface area (Å²) in [4.78, 5) is 0. The van der Waals surface area contributed by atoms with Crippen molar-refractivity contribution in [2.45, 2.75) is 117 Å². The van der Waals surface area contributed by atoms with Gasteiger partial charge in [0.2, 0.25) is 0 Å². The number of aryl methyl sites for hydroxylation is 1. The number of hydrogen-bond donors (Lipinski definition) is 0. The molecule has 3 aliphatic rings. The minimum Gasteiger partial charge on any atom is -0.416 e. The Kier molecular flexibility index (Phi) is 10.2. The van der Waals surface area contributed by atoms with Crippen molar-refractivity contribution in [3.8, 4) is 0 Å². The fourth-order valence-corrected chi connectivity index (χ4v) is 6.21. The highest BCUT2D eigenvalue weighted by molar-refractivity contribution is 6.74. The Bertz CT molecular complexity index is 1140. The van der Waals surface area contributed by atoms with Gasteiger partial charge in [-0.1, -0.05) is 20.8 Å². The van der Waals surface area contributed by atoms with Crippen LogP contribution in [-0.2, 0) is 34.4 Å². The molecule has 0 spiro atoms. The van der Waals surface area contributed by atoms with E-state index in [1.165, 1.54) is 11.1 Å². The first-order valence-corrected chi connectivity index (χ1v) is 18.3. The second-order valence-corrected chi connectivity index (χ2v) is 18.9. The van der Waals surface area contributed by atoms with E-state index in [0.29, 0.717) is 6.61 Å². The summed E-state index contributed by atoms with van der Waals surface area (Å²) in [5, 5.41) is 6.08. The van der Waals surface area contributed by atoms with Crippen molar-refractivity contribution >= 4 is 31.8 Å². The monoisotopic (exact) mass is 588 g/mol. The molecule has 0 saturated carbocycles. The molecule has 0 bridgehead atoms. The fourth-order valence-electron chi connectivity index (χ4n) is 5.16. The van der Waals surface area contributed by atoms with Crippen molar-refractivity contribution in [2.75, 3.05) is 39.6 Å². The normalized spacial score (nSPS) is 23.0. The molecular formula is C31H53BN2O6Si. The van der Waals surface area contributed by atoms with Crippen LogP contribution in [-0.4, -0.2) is 76.1 Å². The van der Waals surface area contributed by atoms with Crippen LogP contribution < -0.4 is 5.46 Å². The molecule has 0 radical (unpaired) electrons. The van der Waals surface area contributed by atoms with Gasteiger partial charge >= 0.3 is 7.12 Å². The third-order valence-corrected chi connectivity index (χ3v) is 14.1. The number of aromatic nitrogens is 2. The lowest BCUT2D eigenvalue weighted by molar-refractivity contribution is -0.0366. The summed E-state index contributed by atoms with van der Waals surface area (Å²) in [7, 11) is -2.29. The number of hydrogen-bond acceptors (Lipinski definition) is 7. The second kappa shape index (κ2) is 12.8. The van der Waals surface area contributed by atoms with Crippen molar-refractivity contribution < 1.29 is 27.9 Å². The lowest BCUT2D eigenvalue weighted by Gasteiger charge is -2.36. The number of rotatable bonds is 6. The van der Waals surface area contributed by atoms with Gasteiger partial charge in [-0.2, -0.15) is 5.10 Å². The summed E-state index contributed by atoms with van der Waals surface area (Å²) in [6.45, 7) is 26.7. The van der Waals surface area contributed by atoms with Crippen molar-refractivity contribution in [1.29, 1.82) is 0 Å². The number of fused-ring (bicyclic) bond motifs is 1. The maximum Gasteiger partial charge on any atom is 0.495 e. The lowest BCUT2D eigenvalue weighted by atomic mass is 9.72. The molecular weight excluding hydrogens is 535 g/mol. The van der Waals surface area contributed by atoms with Gasteiger partial charge in [0, 0.05) is 18.6 Å². The van der Waals surface area contributed by atoms with Crippen LogP contribution in [0.2, 0.25) is 18.1 Å². The molecule has 0 N–H and O–H groups in total. The molecule has 3 aliphatic heterocycles. The quantitative estimate of drug-likeness (QED) is 0.387. The average molecular weight is 589 g/mol. The van der Waals surface area contributed by atoms with Gasteiger partial charge in [-0.15, -0.1) is 0 Å². The van der Waals surface area contributed by atoms with Gasteiger partial charge in [-0.25, -0.2) is 4.68 Å². The maximum atomic E-state index is 6.59. The van der Waals surface area contributed by atoms with Crippen LogP contribution in [0.3, 0.4) is 0 Å². The first-order valence-electron chi connectivity index (χ1n) is 15.4. The molecule has 1 atom stereocenters. The van der Waals surface area contributed by atoms with E-state index in [1.54, 1.807) is 0 Å². The van der Waals surface area contributed by atoms with Gasteiger partial charge < -0.3 is 27.9 Å². The molecule has 5 rings (SSSR count). The molecule has 10 heteroatoms. The van der Waals surface area contributed by atoms with Crippen LogP contribution in [0.1, 0.15) is 85.1 Å². The summed E-state index contributed by atoms with van der Waals surface area (Å²) < 4.78 is 37.8. The topological polar surface area (TPSA) is 73.2 Å². The van der Waals surface area contributed by atoms with Crippen molar-refractivity contribution in [2.24, 2.45) is 0 Å². The van der Waals surface area contributed by atoms with Crippen LogP contribution in [0.5, 0.6) is 0 Å². The van der Waals surface area contributed by atoms with Crippen molar-refractivity contribution in [3.63, 3.8) is 0 Å². The Labute approximate surface area is 249 Å². The van der Waals surface area contributed by atoms with E-state index >= 15 is 0 Å². The molecule has 3 fully saturated rings. The zero-order valence-corrected chi connectivity index (χ0v) is 28.2. The van der Waals surface area contributed by atoms with Gasteiger partial charge in [0.05, 0.1) is 49.3 Å². The molecule has 1 aromatic heterocycles. The van der Waals surface area contributed by atoms with Gasteiger partial charge in [0.15, 0.2) is 14.5 Å². The average Bonchev–Trinajstić information content (AvgIpc) is 3.41. The predicted octanol–water partition coefficient (Wildman–Crippen LogP) is 5.94. The summed E-state index contributed by atoms with van der Waals surface area (Å²) in [5.41, 5.74) is 3.83. The van der Waals surface area contributed by atoms with Crippen molar-refractivity contribution in [1.82, 2.24) is 9.78 Å². The number of ether oxygens (including phenoxy) is 3. The third kappa shape index (κ3) is 7.28. The van der Waals surface area contributed by atoms with Gasteiger partial charge in [-0.05, 0) is 101 Å². The third-order valence-electron chi connectivity index (χ3n) is 9.56. The zero-order chi connectivity index (χ0) is 30.1. The van der Waals surface area contributed by atoms with Crippen molar-refractivity contribution in [3.05, 3.63) is 23.4 Å². The van der Waals surface area contributed by atoms with E-state index in [2.05, 4.69) is 79.2 Å². The molecule has 41 heavy (non-hydrogen) atoms. The van der Waals surface area contributed by atoms with Gasteiger partial charge in [0.1, 0.15) is 0 Å². The highest BCUT2D eigenvalue weighted by atomic mass is 28.4. The zero-order valence-electron chi connectivity index (χ0n) is 27.2. The molecule has 4 heterocycles. The minimum atomic E-state index is -1.84. The first-order chi connectivity index (χ1) is 19.1. The van der Waals surface area contributed by atoms with E-state index in [4.69, 9.17) is 33.0 Å². The van der Waals surface area contributed by atoms with Crippen LogP contribution in [0.15, 0.2) is 12.3 Å².